The van der Waals surface area contributed by atoms with Crippen LogP contribution in [0, 0.1) is 3.57 Å². The molecule has 0 amide bonds. The molecular weight excluding hydrogens is 289 g/mol. The summed E-state index contributed by atoms with van der Waals surface area (Å²) in [7, 11) is 1.92. The summed E-state index contributed by atoms with van der Waals surface area (Å²) in [5.74, 6) is 2.64. The number of aromatic nitrogens is 2. The number of nitrogens with one attached hydrogen (secondary N) is 1. The Hall–Kier alpha value is -0.390. The Morgan fingerprint density at radius 3 is 2.64 bits per heavy atom. The number of hydrogen-bond donors (Lipinski definition) is 1. The van der Waals surface area contributed by atoms with Crippen molar-refractivity contribution in [2.75, 3.05) is 12.4 Å². The first kappa shape index (κ1) is 10.1. The maximum Gasteiger partial charge on any atom is 0.143 e. The van der Waals surface area contributed by atoms with Gasteiger partial charge in [-0.3, -0.25) is 0 Å². The number of rotatable bonds is 3. The molecule has 0 aliphatic heterocycles. The number of aryl methyl sites for hydroxylation is 1. The highest BCUT2D eigenvalue weighted by atomic mass is 127. The van der Waals surface area contributed by atoms with E-state index in [0.29, 0.717) is 5.92 Å². The fourth-order valence-electron chi connectivity index (χ4n) is 1.46. The summed E-state index contributed by atoms with van der Waals surface area (Å²) in [5, 5.41) is 3.13. The van der Waals surface area contributed by atoms with Crippen LogP contribution in [0.3, 0.4) is 0 Å². The van der Waals surface area contributed by atoms with E-state index in [1.165, 1.54) is 22.1 Å². The van der Waals surface area contributed by atoms with Crippen LogP contribution in [0.5, 0.6) is 0 Å². The Kier molecular flexibility index (Phi) is 2.90. The number of hydrogen-bond acceptors (Lipinski definition) is 3. The van der Waals surface area contributed by atoms with Gasteiger partial charge in [0, 0.05) is 19.4 Å². The summed E-state index contributed by atoms with van der Waals surface area (Å²) in [5.41, 5.74) is 1.25. The van der Waals surface area contributed by atoms with Gasteiger partial charge < -0.3 is 5.32 Å². The van der Waals surface area contributed by atoms with Crippen molar-refractivity contribution in [3.8, 4) is 0 Å². The van der Waals surface area contributed by atoms with Gasteiger partial charge in [0.15, 0.2) is 0 Å². The molecule has 0 radical (unpaired) electrons. The molecule has 0 unspecified atom stereocenters. The Morgan fingerprint density at radius 2 is 2.14 bits per heavy atom. The molecular formula is C10H14IN3. The zero-order valence-electron chi connectivity index (χ0n) is 8.47. The second-order valence-corrected chi connectivity index (χ2v) is 4.64. The molecule has 0 atom stereocenters. The standard InChI is InChI=1S/C10H14IN3/c1-3-7-13-9(6-4-5-6)8(11)10(12-2)14-7/h6H,3-5H2,1-2H3,(H,12,13,14). The molecule has 1 N–H and O–H groups in total. The van der Waals surface area contributed by atoms with E-state index in [-0.39, 0.29) is 0 Å². The van der Waals surface area contributed by atoms with Crippen molar-refractivity contribution in [1.29, 1.82) is 0 Å². The van der Waals surface area contributed by atoms with Crippen molar-refractivity contribution < 1.29 is 0 Å². The normalized spacial score (nSPS) is 15.6. The molecule has 14 heavy (non-hydrogen) atoms. The third-order valence-corrected chi connectivity index (χ3v) is 3.50. The third-order valence-electron chi connectivity index (χ3n) is 2.44. The van der Waals surface area contributed by atoms with Crippen molar-refractivity contribution in [2.24, 2.45) is 0 Å². The largest absolute Gasteiger partial charge is 0.372 e. The molecule has 0 spiro atoms. The van der Waals surface area contributed by atoms with Gasteiger partial charge in [-0.2, -0.15) is 0 Å². The van der Waals surface area contributed by atoms with Gasteiger partial charge in [0.1, 0.15) is 11.6 Å². The average molecular weight is 303 g/mol. The lowest BCUT2D eigenvalue weighted by atomic mass is 10.2. The molecule has 3 nitrogen and oxygen atoms in total. The minimum atomic E-state index is 0.697. The van der Waals surface area contributed by atoms with Gasteiger partial charge in [-0.25, -0.2) is 9.97 Å². The fraction of sp³-hybridized carbons (Fsp3) is 0.600. The number of anilines is 1. The quantitative estimate of drug-likeness (QED) is 0.872. The van der Waals surface area contributed by atoms with Crippen molar-refractivity contribution in [1.82, 2.24) is 9.97 Å². The molecule has 0 aromatic carbocycles. The van der Waals surface area contributed by atoms with Gasteiger partial charge in [0.05, 0.1) is 9.26 Å². The van der Waals surface area contributed by atoms with Gasteiger partial charge in [0.25, 0.3) is 0 Å². The van der Waals surface area contributed by atoms with E-state index in [1.807, 2.05) is 7.05 Å². The molecule has 76 valence electrons. The topological polar surface area (TPSA) is 37.8 Å². The lowest BCUT2D eigenvalue weighted by molar-refractivity contribution is 0.875. The van der Waals surface area contributed by atoms with Crippen LogP contribution in [0.2, 0.25) is 0 Å². The lowest BCUT2D eigenvalue weighted by Crippen LogP contribution is -2.06. The highest BCUT2D eigenvalue weighted by Gasteiger charge is 2.28. The van der Waals surface area contributed by atoms with E-state index < -0.39 is 0 Å². The molecule has 0 saturated heterocycles. The van der Waals surface area contributed by atoms with E-state index in [2.05, 4.69) is 44.8 Å². The van der Waals surface area contributed by atoms with E-state index in [4.69, 9.17) is 0 Å². The fourth-order valence-corrected chi connectivity index (χ4v) is 2.41. The van der Waals surface area contributed by atoms with Gasteiger partial charge in [-0.15, -0.1) is 0 Å². The minimum absolute atomic E-state index is 0.697. The van der Waals surface area contributed by atoms with E-state index >= 15 is 0 Å². The predicted octanol–water partition coefficient (Wildman–Crippen LogP) is 2.56. The second kappa shape index (κ2) is 4.00. The van der Waals surface area contributed by atoms with Gasteiger partial charge in [-0.05, 0) is 35.4 Å². The molecule has 1 aromatic rings. The van der Waals surface area contributed by atoms with Gasteiger partial charge >= 0.3 is 0 Å². The zero-order chi connectivity index (χ0) is 10.1. The van der Waals surface area contributed by atoms with Crippen molar-refractivity contribution in [3.05, 3.63) is 15.1 Å². The van der Waals surface area contributed by atoms with E-state index in [0.717, 1.165) is 18.1 Å². The Morgan fingerprint density at radius 1 is 1.43 bits per heavy atom. The average Bonchev–Trinajstić information content (AvgIpc) is 3.02. The SMILES string of the molecule is CCc1nc(NC)c(I)c(C2CC2)n1. The first-order chi connectivity index (χ1) is 6.76. The minimum Gasteiger partial charge on any atom is -0.372 e. The van der Waals surface area contributed by atoms with Crippen LogP contribution >= 0.6 is 22.6 Å². The Balaban J connectivity index is 2.45. The summed E-state index contributed by atoms with van der Waals surface area (Å²) in [4.78, 5) is 9.05. The van der Waals surface area contributed by atoms with E-state index in [9.17, 15) is 0 Å². The van der Waals surface area contributed by atoms with Crippen LogP contribution in [0.25, 0.3) is 0 Å². The summed E-state index contributed by atoms with van der Waals surface area (Å²) in [6.45, 7) is 2.10. The van der Waals surface area contributed by atoms with Crippen LogP contribution in [0.4, 0.5) is 5.82 Å². The molecule has 1 aliphatic rings. The van der Waals surface area contributed by atoms with Crippen LogP contribution < -0.4 is 5.32 Å². The van der Waals surface area contributed by atoms with Gasteiger partial charge in [-0.1, -0.05) is 6.92 Å². The molecule has 1 aromatic heterocycles. The Labute approximate surface area is 97.9 Å². The third kappa shape index (κ3) is 1.85. The van der Waals surface area contributed by atoms with Crippen molar-refractivity contribution in [2.45, 2.75) is 32.1 Å². The summed E-state index contributed by atoms with van der Waals surface area (Å²) >= 11 is 2.34. The van der Waals surface area contributed by atoms with Crippen molar-refractivity contribution >= 4 is 28.4 Å². The van der Waals surface area contributed by atoms with Crippen LogP contribution in [0.1, 0.15) is 37.2 Å². The predicted molar refractivity (Wildman–Crippen MR) is 65.6 cm³/mol. The summed E-state index contributed by atoms with van der Waals surface area (Å²) in [6.07, 6.45) is 3.49. The number of nitrogens with zero attached hydrogens (tertiary/aromatic N) is 2. The smallest absolute Gasteiger partial charge is 0.143 e. The molecule has 2 rings (SSSR count). The van der Waals surface area contributed by atoms with Crippen LogP contribution in [0.15, 0.2) is 0 Å². The second-order valence-electron chi connectivity index (χ2n) is 3.57. The maximum absolute atomic E-state index is 4.60. The monoisotopic (exact) mass is 303 g/mol. The number of halogens is 1. The Bertz CT molecular complexity index is 347. The molecule has 0 bridgehead atoms. The van der Waals surface area contributed by atoms with Crippen LogP contribution in [-0.2, 0) is 6.42 Å². The molecule has 1 fully saturated rings. The first-order valence-electron chi connectivity index (χ1n) is 5.00. The van der Waals surface area contributed by atoms with Crippen LogP contribution in [-0.4, -0.2) is 17.0 Å². The molecule has 1 saturated carbocycles. The highest BCUT2D eigenvalue weighted by molar-refractivity contribution is 14.1. The summed E-state index contributed by atoms with van der Waals surface area (Å²) in [6, 6.07) is 0. The van der Waals surface area contributed by atoms with Gasteiger partial charge in [0.2, 0.25) is 0 Å². The first-order valence-corrected chi connectivity index (χ1v) is 6.08. The van der Waals surface area contributed by atoms with Crippen molar-refractivity contribution in [3.63, 3.8) is 0 Å². The molecule has 4 heteroatoms. The molecule has 1 aliphatic carbocycles. The molecule has 1 heterocycles. The van der Waals surface area contributed by atoms with E-state index in [1.54, 1.807) is 0 Å². The lowest BCUT2D eigenvalue weighted by Gasteiger charge is -2.09. The zero-order valence-corrected chi connectivity index (χ0v) is 10.6. The summed E-state index contributed by atoms with van der Waals surface area (Å²) < 4.78 is 1.20. The maximum atomic E-state index is 4.60. The highest BCUT2D eigenvalue weighted by Crippen LogP contribution is 2.42.